The maximum atomic E-state index is 12.8. The lowest BCUT2D eigenvalue weighted by Crippen LogP contribution is -2.42. The number of para-hydroxylation sites is 1. The molecule has 1 saturated carbocycles. The van der Waals surface area contributed by atoms with Crippen LogP contribution in [0, 0.1) is 11.3 Å². The van der Waals surface area contributed by atoms with Gasteiger partial charge in [-0.1, -0.05) is 6.07 Å². The molecule has 236 valence electrons. The molecule has 0 saturated heterocycles. The fourth-order valence-corrected chi connectivity index (χ4v) is 5.06. The minimum Gasteiger partial charge on any atom is -0.504 e. The second-order valence-corrected chi connectivity index (χ2v) is 10.6. The van der Waals surface area contributed by atoms with Gasteiger partial charge in [0.15, 0.2) is 23.1 Å². The summed E-state index contributed by atoms with van der Waals surface area (Å²) in [5.74, 6) is -6.26. The smallest absolute Gasteiger partial charge is 0.255 e. The molecule has 0 radical (unpaired) electrons. The van der Waals surface area contributed by atoms with Crippen molar-refractivity contribution < 1.29 is 48.9 Å². The molecule has 1 aliphatic carbocycles. The van der Waals surface area contributed by atoms with Crippen molar-refractivity contribution in [2.75, 3.05) is 26.2 Å². The molecule has 1 aromatic carbocycles. The van der Waals surface area contributed by atoms with Crippen LogP contribution in [0.5, 0.6) is 11.5 Å². The third kappa shape index (κ3) is 10.5. The van der Waals surface area contributed by atoms with E-state index in [-0.39, 0.29) is 50.9 Å². The Morgan fingerprint density at radius 2 is 1.51 bits per heavy atom. The molecule has 43 heavy (non-hydrogen) atoms. The Labute approximate surface area is 248 Å². The molecule has 0 bridgehead atoms. The summed E-state index contributed by atoms with van der Waals surface area (Å²) in [4.78, 5) is 84.6. The lowest BCUT2D eigenvalue weighted by molar-refractivity contribution is -0.145. The molecule has 8 N–H and O–H groups in total. The number of rotatable bonds is 18. The monoisotopic (exact) mass is 604 g/mol. The fourth-order valence-electron chi connectivity index (χ4n) is 5.06. The van der Waals surface area contributed by atoms with Crippen molar-refractivity contribution in [2.45, 2.75) is 64.2 Å². The van der Waals surface area contributed by atoms with Crippen molar-refractivity contribution >= 4 is 41.0 Å². The molecule has 0 heterocycles. The maximum absolute atomic E-state index is 12.8. The predicted molar refractivity (Wildman–Crippen MR) is 152 cm³/mol. The molecule has 14 nitrogen and oxygen atoms in total. The molecule has 1 aliphatic rings. The van der Waals surface area contributed by atoms with Gasteiger partial charge in [-0.3, -0.25) is 33.6 Å². The van der Waals surface area contributed by atoms with Crippen molar-refractivity contribution in [3.63, 3.8) is 0 Å². The summed E-state index contributed by atoms with van der Waals surface area (Å²) in [5, 5.41) is 36.2. The van der Waals surface area contributed by atoms with Crippen LogP contribution in [0.3, 0.4) is 0 Å². The van der Waals surface area contributed by atoms with Crippen molar-refractivity contribution in [2.24, 2.45) is 17.1 Å². The van der Waals surface area contributed by atoms with Gasteiger partial charge >= 0.3 is 0 Å². The number of nitrogens with one attached hydrogen (secondary N) is 3. The van der Waals surface area contributed by atoms with Gasteiger partial charge in [-0.15, -0.1) is 0 Å². The van der Waals surface area contributed by atoms with Crippen LogP contribution in [0.15, 0.2) is 18.2 Å². The number of Topliss-reactive ketones (excluding diaryl/α,β-unsaturated/α-hetero) is 3. The second-order valence-electron chi connectivity index (χ2n) is 10.6. The first-order valence-electron chi connectivity index (χ1n) is 14.2. The number of primary amides is 1. The summed E-state index contributed by atoms with van der Waals surface area (Å²) in [6.07, 6.45) is 2.05. The Hall–Kier alpha value is -4.33. The summed E-state index contributed by atoms with van der Waals surface area (Å²) in [5.41, 5.74) is 4.63. The van der Waals surface area contributed by atoms with E-state index in [9.17, 15) is 43.8 Å². The molecular formula is C29H40N4O10. The summed E-state index contributed by atoms with van der Waals surface area (Å²) < 4.78 is 0. The van der Waals surface area contributed by atoms with Gasteiger partial charge in [-0.2, -0.15) is 0 Å². The van der Waals surface area contributed by atoms with Crippen molar-refractivity contribution in [1.29, 1.82) is 0 Å². The van der Waals surface area contributed by atoms with Crippen LogP contribution < -0.4 is 21.7 Å². The van der Waals surface area contributed by atoms with Gasteiger partial charge in [-0.05, 0) is 63.5 Å². The first-order chi connectivity index (χ1) is 20.4. The zero-order chi connectivity index (χ0) is 32.0. The summed E-state index contributed by atoms with van der Waals surface area (Å²) >= 11 is 0. The number of nitrogens with two attached hydrogens (primary N) is 1. The standard InChI is InChI=1S/C29H40N4O10/c30-28(43)29(10-3-13-31-23(38)16-18(35)17-34,11-4-14-32-26(41)19-6-1-8-21(36)24(19)39)12-5-15-33-27(42)20-7-2-9-22(37)25(20)40/h1,6,8,20,34,36,39H,2-5,7,9-17H2,(H2,30,43)(H,31,38)(H,32,41)(H,33,42). The van der Waals surface area contributed by atoms with E-state index in [2.05, 4.69) is 16.0 Å². The number of phenols is 2. The first kappa shape index (κ1) is 34.9. The number of phenolic OH excluding ortho intramolecular Hbond substituents is 2. The molecule has 2 atom stereocenters. The van der Waals surface area contributed by atoms with Crippen LogP contribution in [0.1, 0.15) is 74.6 Å². The Balaban J connectivity index is 1.99. The molecule has 0 spiro atoms. The van der Waals surface area contributed by atoms with E-state index < -0.39 is 76.8 Å². The molecular weight excluding hydrogens is 564 g/mol. The molecule has 2 unspecified atom stereocenters. The molecule has 2 rings (SSSR count). The Kier molecular flexibility index (Phi) is 13.7. The Morgan fingerprint density at radius 1 is 0.907 bits per heavy atom. The van der Waals surface area contributed by atoms with Gasteiger partial charge < -0.3 is 37.0 Å². The highest BCUT2D eigenvalue weighted by Crippen LogP contribution is 2.35. The van der Waals surface area contributed by atoms with E-state index >= 15 is 0 Å². The third-order valence-corrected chi connectivity index (χ3v) is 7.52. The van der Waals surface area contributed by atoms with Crippen molar-refractivity contribution in [3.05, 3.63) is 23.8 Å². The summed E-state index contributed by atoms with van der Waals surface area (Å²) in [6, 6.07) is 3.97. The number of carbonyl (C=O) groups excluding carboxylic acids is 7. The zero-order valence-corrected chi connectivity index (χ0v) is 24.0. The highest BCUT2D eigenvalue weighted by molar-refractivity contribution is 6.41. The molecule has 14 heteroatoms. The fraction of sp³-hybridized carbons (Fsp3) is 0.552. The highest BCUT2D eigenvalue weighted by Gasteiger charge is 2.36. The Morgan fingerprint density at radius 3 is 2.12 bits per heavy atom. The average molecular weight is 605 g/mol. The molecule has 1 fully saturated rings. The topological polar surface area (TPSA) is 242 Å². The number of carbonyl (C=O) groups is 7. The lowest BCUT2D eigenvalue weighted by atomic mass is 9.74. The van der Waals surface area contributed by atoms with Crippen LogP contribution in [-0.2, 0) is 28.8 Å². The number of amides is 4. The van der Waals surface area contributed by atoms with Crippen LogP contribution in [0.4, 0.5) is 0 Å². The van der Waals surface area contributed by atoms with Crippen LogP contribution in [0.25, 0.3) is 0 Å². The average Bonchev–Trinajstić information content (AvgIpc) is 2.97. The van der Waals surface area contributed by atoms with E-state index in [4.69, 9.17) is 10.8 Å². The van der Waals surface area contributed by atoms with Crippen molar-refractivity contribution in [1.82, 2.24) is 16.0 Å². The zero-order valence-electron chi connectivity index (χ0n) is 24.0. The highest BCUT2D eigenvalue weighted by atomic mass is 16.3. The summed E-state index contributed by atoms with van der Waals surface area (Å²) in [6.45, 7) is -0.382. The largest absolute Gasteiger partial charge is 0.504 e. The number of aliphatic hydroxyl groups excluding tert-OH is 1. The van der Waals surface area contributed by atoms with Crippen LogP contribution >= 0.6 is 0 Å². The van der Waals surface area contributed by atoms with E-state index in [0.29, 0.717) is 32.1 Å². The van der Waals surface area contributed by atoms with E-state index in [1.165, 1.54) is 18.2 Å². The van der Waals surface area contributed by atoms with Gasteiger partial charge in [0.1, 0.15) is 12.5 Å². The molecule has 0 aliphatic heterocycles. The lowest BCUT2D eigenvalue weighted by Gasteiger charge is -2.31. The number of hydrogen-bond acceptors (Lipinski definition) is 10. The maximum Gasteiger partial charge on any atom is 0.255 e. The number of benzene rings is 1. The third-order valence-electron chi connectivity index (χ3n) is 7.52. The van der Waals surface area contributed by atoms with Gasteiger partial charge in [0.2, 0.25) is 23.5 Å². The van der Waals surface area contributed by atoms with Gasteiger partial charge in [0.05, 0.1) is 12.0 Å². The quantitative estimate of drug-likeness (QED) is 0.0502. The number of ketones is 3. The number of hydrogen-bond donors (Lipinski definition) is 7. The Bertz CT molecular complexity index is 1220. The van der Waals surface area contributed by atoms with E-state index in [1.54, 1.807) is 0 Å². The van der Waals surface area contributed by atoms with Crippen LogP contribution in [0.2, 0.25) is 0 Å². The SMILES string of the molecule is NC(=O)C(CCCNC(=O)CC(=O)CO)(CCCNC(=O)c1cccc(O)c1O)CCCNC(=O)C1CCCC(=O)C1=O. The normalized spacial score (nSPS) is 16.2. The first-order valence-corrected chi connectivity index (χ1v) is 14.2. The van der Waals surface area contributed by atoms with E-state index in [1.807, 2.05) is 0 Å². The molecule has 0 aromatic heterocycles. The predicted octanol–water partition coefficient (Wildman–Crippen LogP) is -0.238. The van der Waals surface area contributed by atoms with E-state index in [0.717, 1.165) is 0 Å². The van der Waals surface area contributed by atoms with Gasteiger partial charge in [-0.25, -0.2) is 0 Å². The van der Waals surface area contributed by atoms with Crippen LogP contribution in [-0.4, -0.2) is 82.5 Å². The van der Waals surface area contributed by atoms with Gasteiger partial charge in [0, 0.05) is 31.5 Å². The van der Waals surface area contributed by atoms with Gasteiger partial charge in [0.25, 0.3) is 5.91 Å². The molecule has 4 amide bonds. The number of aliphatic hydroxyl groups is 1. The number of aromatic hydroxyl groups is 2. The summed E-state index contributed by atoms with van der Waals surface area (Å²) in [7, 11) is 0. The minimum absolute atomic E-state index is 0.109. The minimum atomic E-state index is -1.09. The second kappa shape index (κ2) is 16.9. The van der Waals surface area contributed by atoms with Crippen molar-refractivity contribution in [3.8, 4) is 11.5 Å². The molecule has 1 aromatic rings.